The molecular formula is C15H24N2O. The summed E-state index contributed by atoms with van der Waals surface area (Å²) in [7, 11) is 0. The quantitative estimate of drug-likeness (QED) is 0.765. The molecule has 1 unspecified atom stereocenters. The number of amides is 1. The number of carbonyl (C=O) groups excluding carboxylic acids is 1. The standard InChI is InChI=1S/C15H24N2O/c1-9-15(18)17(3-2-16-9)14-12-5-10-4-11(7-12)8-13(14)6-10/h9-14,16H,2-8H2,1H3. The van der Waals surface area contributed by atoms with Crippen LogP contribution in [-0.4, -0.2) is 36.0 Å². The minimum atomic E-state index is 0.0379. The number of nitrogens with zero attached hydrogens (tertiary/aromatic N) is 1. The topological polar surface area (TPSA) is 32.3 Å². The molecule has 5 aliphatic rings. The SMILES string of the molecule is CC1NCCN(C2C3CC4CC(C3)CC2C4)C1=O. The van der Waals surface area contributed by atoms with E-state index < -0.39 is 0 Å². The van der Waals surface area contributed by atoms with Gasteiger partial charge in [-0.3, -0.25) is 4.79 Å². The van der Waals surface area contributed by atoms with Crippen LogP contribution in [0.25, 0.3) is 0 Å². The summed E-state index contributed by atoms with van der Waals surface area (Å²) in [5, 5.41) is 3.29. The van der Waals surface area contributed by atoms with Gasteiger partial charge >= 0.3 is 0 Å². The van der Waals surface area contributed by atoms with E-state index in [2.05, 4.69) is 10.2 Å². The highest BCUT2D eigenvalue weighted by Crippen LogP contribution is 2.55. The third kappa shape index (κ3) is 1.56. The Bertz CT molecular complexity index is 340. The molecule has 1 heterocycles. The Balaban J connectivity index is 1.59. The van der Waals surface area contributed by atoms with Crippen LogP contribution >= 0.6 is 0 Å². The Morgan fingerprint density at radius 2 is 1.67 bits per heavy atom. The monoisotopic (exact) mass is 248 g/mol. The van der Waals surface area contributed by atoms with Crippen LogP contribution in [0.15, 0.2) is 0 Å². The fraction of sp³-hybridized carbons (Fsp3) is 0.933. The normalized spacial score (nSPS) is 50.9. The van der Waals surface area contributed by atoms with E-state index in [0.29, 0.717) is 11.9 Å². The van der Waals surface area contributed by atoms with Crippen molar-refractivity contribution in [3.63, 3.8) is 0 Å². The van der Waals surface area contributed by atoms with Crippen LogP contribution in [0.4, 0.5) is 0 Å². The zero-order chi connectivity index (χ0) is 12.3. The van der Waals surface area contributed by atoms with Crippen molar-refractivity contribution < 1.29 is 4.79 Å². The van der Waals surface area contributed by atoms with Crippen LogP contribution in [0.3, 0.4) is 0 Å². The second-order valence-electron chi connectivity index (χ2n) is 7.13. The third-order valence-electron chi connectivity index (χ3n) is 5.99. The van der Waals surface area contributed by atoms with Gasteiger partial charge in [0.1, 0.15) is 0 Å². The number of hydrogen-bond donors (Lipinski definition) is 1. The van der Waals surface area contributed by atoms with Crippen molar-refractivity contribution in [1.29, 1.82) is 0 Å². The van der Waals surface area contributed by atoms with Crippen molar-refractivity contribution >= 4 is 5.91 Å². The van der Waals surface area contributed by atoms with Gasteiger partial charge in [-0.05, 0) is 62.7 Å². The number of rotatable bonds is 1. The van der Waals surface area contributed by atoms with Crippen molar-refractivity contribution in [2.75, 3.05) is 13.1 Å². The molecule has 18 heavy (non-hydrogen) atoms. The molecule has 1 atom stereocenters. The fourth-order valence-corrected chi connectivity index (χ4v) is 5.55. The Labute approximate surface area is 109 Å². The van der Waals surface area contributed by atoms with Gasteiger partial charge in [0.2, 0.25) is 5.91 Å². The van der Waals surface area contributed by atoms with Gasteiger partial charge in [0.15, 0.2) is 0 Å². The molecule has 0 aromatic carbocycles. The summed E-state index contributed by atoms with van der Waals surface area (Å²) in [5.74, 6) is 4.02. The van der Waals surface area contributed by atoms with Gasteiger partial charge in [-0.25, -0.2) is 0 Å². The molecule has 3 heteroatoms. The summed E-state index contributed by atoms with van der Waals surface area (Å²) in [4.78, 5) is 14.7. The maximum atomic E-state index is 12.4. The van der Waals surface area contributed by atoms with Gasteiger partial charge in [0.25, 0.3) is 0 Å². The molecule has 0 spiro atoms. The number of nitrogens with one attached hydrogen (secondary N) is 1. The van der Waals surface area contributed by atoms with E-state index in [-0.39, 0.29) is 6.04 Å². The first-order valence-corrected chi connectivity index (χ1v) is 7.76. The van der Waals surface area contributed by atoms with Crippen molar-refractivity contribution in [3.8, 4) is 0 Å². The van der Waals surface area contributed by atoms with Crippen LogP contribution in [0.5, 0.6) is 0 Å². The van der Waals surface area contributed by atoms with E-state index in [1.165, 1.54) is 32.1 Å². The van der Waals surface area contributed by atoms with Gasteiger partial charge in [-0.2, -0.15) is 0 Å². The van der Waals surface area contributed by atoms with E-state index in [1.807, 2.05) is 6.92 Å². The zero-order valence-corrected chi connectivity index (χ0v) is 11.3. The molecule has 5 rings (SSSR count). The molecular weight excluding hydrogens is 224 g/mol. The molecule has 0 aromatic heterocycles. The summed E-state index contributed by atoms with van der Waals surface area (Å²) in [6, 6.07) is 0.630. The van der Waals surface area contributed by atoms with Gasteiger partial charge in [0.05, 0.1) is 6.04 Å². The molecule has 1 saturated heterocycles. The van der Waals surface area contributed by atoms with Gasteiger partial charge in [0, 0.05) is 19.1 Å². The van der Waals surface area contributed by atoms with Crippen molar-refractivity contribution in [2.45, 2.75) is 51.1 Å². The Hall–Kier alpha value is -0.570. The summed E-state index contributed by atoms with van der Waals surface area (Å²) < 4.78 is 0. The molecule has 3 nitrogen and oxygen atoms in total. The summed E-state index contributed by atoms with van der Waals surface area (Å²) in [6.07, 6.45) is 7.12. The highest BCUT2D eigenvalue weighted by molar-refractivity contribution is 5.82. The Kier molecular flexibility index (Phi) is 2.48. The second-order valence-corrected chi connectivity index (χ2v) is 7.13. The fourth-order valence-electron chi connectivity index (χ4n) is 5.55. The van der Waals surface area contributed by atoms with Crippen LogP contribution in [0.2, 0.25) is 0 Å². The first kappa shape index (κ1) is 11.3. The summed E-state index contributed by atoms with van der Waals surface area (Å²) >= 11 is 0. The minimum absolute atomic E-state index is 0.0379. The largest absolute Gasteiger partial charge is 0.337 e. The highest BCUT2D eigenvalue weighted by Gasteiger charge is 2.51. The molecule has 5 fully saturated rings. The number of carbonyl (C=O) groups is 1. The average Bonchev–Trinajstić information content (AvgIpc) is 2.33. The molecule has 0 aromatic rings. The lowest BCUT2D eigenvalue weighted by atomic mass is 9.53. The zero-order valence-electron chi connectivity index (χ0n) is 11.3. The first-order valence-electron chi connectivity index (χ1n) is 7.76. The van der Waals surface area contributed by atoms with E-state index >= 15 is 0 Å². The van der Waals surface area contributed by atoms with Gasteiger partial charge in [-0.15, -0.1) is 0 Å². The Morgan fingerprint density at radius 1 is 1.06 bits per heavy atom. The lowest BCUT2D eigenvalue weighted by Gasteiger charge is -2.58. The highest BCUT2D eigenvalue weighted by atomic mass is 16.2. The molecule has 4 aliphatic carbocycles. The smallest absolute Gasteiger partial charge is 0.239 e. The molecule has 1 N–H and O–H groups in total. The predicted molar refractivity (Wildman–Crippen MR) is 70.0 cm³/mol. The molecule has 1 aliphatic heterocycles. The molecule has 4 bridgehead atoms. The molecule has 1 amide bonds. The van der Waals surface area contributed by atoms with Crippen LogP contribution < -0.4 is 5.32 Å². The average molecular weight is 248 g/mol. The van der Waals surface area contributed by atoms with E-state index in [4.69, 9.17) is 0 Å². The molecule has 0 radical (unpaired) electrons. The number of hydrogen-bond acceptors (Lipinski definition) is 2. The van der Waals surface area contributed by atoms with Crippen LogP contribution in [-0.2, 0) is 4.79 Å². The minimum Gasteiger partial charge on any atom is -0.337 e. The van der Waals surface area contributed by atoms with E-state index in [0.717, 1.165) is 36.8 Å². The lowest BCUT2D eigenvalue weighted by molar-refractivity contribution is -0.148. The summed E-state index contributed by atoms with van der Waals surface area (Å²) in [5.41, 5.74) is 0. The second kappa shape index (κ2) is 3.96. The van der Waals surface area contributed by atoms with Crippen LogP contribution in [0.1, 0.15) is 39.0 Å². The van der Waals surface area contributed by atoms with Gasteiger partial charge < -0.3 is 10.2 Å². The Morgan fingerprint density at radius 3 is 2.28 bits per heavy atom. The van der Waals surface area contributed by atoms with Crippen molar-refractivity contribution in [1.82, 2.24) is 10.2 Å². The molecule has 4 saturated carbocycles. The van der Waals surface area contributed by atoms with E-state index in [1.54, 1.807) is 0 Å². The number of piperazine rings is 1. The van der Waals surface area contributed by atoms with Crippen molar-refractivity contribution in [2.24, 2.45) is 23.7 Å². The maximum absolute atomic E-state index is 12.4. The summed E-state index contributed by atoms with van der Waals surface area (Å²) in [6.45, 7) is 3.94. The van der Waals surface area contributed by atoms with Crippen LogP contribution in [0, 0.1) is 23.7 Å². The first-order chi connectivity index (χ1) is 8.72. The molecule has 100 valence electrons. The van der Waals surface area contributed by atoms with Gasteiger partial charge in [-0.1, -0.05) is 0 Å². The maximum Gasteiger partial charge on any atom is 0.239 e. The lowest BCUT2D eigenvalue weighted by Crippen LogP contribution is -2.63. The predicted octanol–water partition coefficient (Wildman–Crippen LogP) is 1.63. The van der Waals surface area contributed by atoms with E-state index in [9.17, 15) is 4.79 Å². The van der Waals surface area contributed by atoms with Crippen molar-refractivity contribution in [3.05, 3.63) is 0 Å². The third-order valence-corrected chi connectivity index (χ3v) is 5.99.